The van der Waals surface area contributed by atoms with Crippen LogP contribution in [0.1, 0.15) is 6.42 Å². The van der Waals surface area contributed by atoms with Gasteiger partial charge in [0.05, 0.1) is 51.2 Å². The van der Waals surface area contributed by atoms with Crippen LogP contribution in [0.4, 0.5) is 46.0 Å². The predicted molar refractivity (Wildman–Crippen MR) is 208 cm³/mol. The van der Waals surface area contributed by atoms with Gasteiger partial charge >= 0.3 is 11.9 Å². The summed E-state index contributed by atoms with van der Waals surface area (Å²) in [6, 6.07) is 23.7. The molecular formula is C37H43N17+2. The molecule has 1 aliphatic heterocycles. The number of hydrogen-bond acceptors (Lipinski definition) is 10. The normalized spacial score (nSPS) is 15.2. The van der Waals surface area contributed by atoms with Gasteiger partial charge in [-0.05, 0) is 79.2 Å². The lowest BCUT2D eigenvalue weighted by molar-refractivity contribution is -0.657. The molecule has 7 rings (SSSR count). The molecule has 1 atom stereocenters. The summed E-state index contributed by atoms with van der Waals surface area (Å²) >= 11 is 0. The predicted octanol–water partition coefficient (Wildman–Crippen LogP) is 5.80. The average Bonchev–Trinajstić information content (AvgIpc) is 3.94. The number of nitrogens with zero attached hydrogens (tertiary/aromatic N) is 12. The number of anilines is 4. The minimum absolute atomic E-state index is 0.316. The van der Waals surface area contributed by atoms with Gasteiger partial charge in [-0.1, -0.05) is 5.11 Å². The summed E-state index contributed by atoms with van der Waals surface area (Å²) in [5.41, 5.74) is 5.18. The van der Waals surface area contributed by atoms with Gasteiger partial charge in [0.2, 0.25) is 12.2 Å². The van der Waals surface area contributed by atoms with Crippen LogP contribution in [0.3, 0.4) is 0 Å². The molecule has 0 spiro atoms. The Labute approximate surface area is 312 Å². The summed E-state index contributed by atoms with van der Waals surface area (Å²) in [4.78, 5) is 13.2. The second-order valence-electron chi connectivity index (χ2n) is 12.6. The fraction of sp³-hybridized carbons (Fsp3) is 0.216. The third kappa shape index (κ3) is 9.00. The molecule has 3 aromatic carbocycles. The molecule has 5 N–H and O–H groups in total. The third-order valence-electron chi connectivity index (χ3n) is 8.58. The summed E-state index contributed by atoms with van der Waals surface area (Å²) in [5, 5.41) is 34.8. The zero-order valence-corrected chi connectivity index (χ0v) is 30.5. The van der Waals surface area contributed by atoms with Gasteiger partial charge in [-0.3, -0.25) is 5.32 Å². The molecule has 6 aromatic rings. The van der Waals surface area contributed by atoms with Crippen molar-refractivity contribution in [2.45, 2.75) is 19.3 Å². The molecule has 17 nitrogen and oxygen atoms in total. The van der Waals surface area contributed by atoms with Gasteiger partial charge in [-0.15, -0.1) is 10.2 Å². The number of aryl methyl sites for hydroxylation is 4. The first-order valence-corrected chi connectivity index (χ1v) is 17.4. The minimum Gasteiger partial charge on any atom is -0.356 e. The molecule has 4 heterocycles. The van der Waals surface area contributed by atoms with Crippen LogP contribution in [-0.4, -0.2) is 60.0 Å². The summed E-state index contributed by atoms with van der Waals surface area (Å²) < 4.78 is 9.75. The number of benzene rings is 3. The topological polar surface area (TPSA) is 169 Å². The molecule has 0 radical (unpaired) electrons. The molecule has 1 unspecified atom stereocenters. The van der Waals surface area contributed by atoms with Crippen molar-refractivity contribution < 1.29 is 9.14 Å². The monoisotopic (exact) mass is 725 g/mol. The van der Waals surface area contributed by atoms with Crippen LogP contribution in [0.25, 0.3) is 0 Å². The maximum absolute atomic E-state index is 4.85. The minimum atomic E-state index is -0.316. The molecule has 0 amide bonds. The van der Waals surface area contributed by atoms with Crippen molar-refractivity contribution in [3.8, 4) is 0 Å². The molecule has 0 aliphatic carbocycles. The van der Waals surface area contributed by atoms with E-state index in [9.17, 15) is 0 Å². The molecule has 0 saturated heterocycles. The molecule has 17 heteroatoms. The second kappa shape index (κ2) is 16.4. The Kier molecular flexibility index (Phi) is 10.7. The van der Waals surface area contributed by atoms with E-state index in [0.717, 1.165) is 59.0 Å². The highest BCUT2D eigenvalue weighted by Crippen LogP contribution is 2.24. The number of rotatable bonds is 13. The zero-order valence-electron chi connectivity index (χ0n) is 30.5. The average molecular weight is 726 g/mol. The lowest BCUT2D eigenvalue weighted by Crippen LogP contribution is -2.63. The van der Waals surface area contributed by atoms with Crippen molar-refractivity contribution in [1.82, 2.24) is 34.3 Å². The molecule has 274 valence electrons. The highest BCUT2D eigenvalue weighted by atomic mass is 15.5. The van der Waals surface area contributed by atoms with Crippen molar-refractivity contribution in [3.63, 3.8) is 0 Å². The number of imidazole rings is 3. The van der Waals surface area contributed by atoms with E-state index in [2.05, 4.69) is 57.0 Å². The van der Waals surface area contributed by atoms with E-state index >= 15 is 0 Å². The van der Waals surface area contributed by atoms with Gasteiger partial charge in [-0.25, -0.2) is 39.3 Å². The van der Waals surface area contributed by atoms with E-state index in [-0.39, 0.29) is 6.29 Å². The number of aliphatic imine (C=N–C) groups is 1. The third-order valence-corrected chi connectivity index (χ3v) is 8.58. The summed E-state index contributed by atoms with van der Waals surface area (Å²) in [6.45, 7) is 1.46. The van der Waals surface area contributed by atoms with Crippen molar-refractivity contribution >= 4 is 57.9 Å². The molecule has 0 saturated carbocycles. The van der Waals surface area contributed by atoms with E-state index in [1.54, 1.807) is 12.4 Å². The Hall–Kier alpha value is -7.17. The van der Waals surface area contributed by atoms with Crippen LogP contribution < -0.4 is 31.2 Å². The van der Waals surface area contributed by atoms with Crippen molar-refractivity contribution in [2.75, 3.05) is 29.5 Å². The first-order chi connectivity index (χ1) is 26.4. The number of guanidine groups is 2. The number of azo groups is 2. The Morgan fingerprint density at radius 2 is 1.41 bits per heavy atom. The van der Waals surface area contributed by atoms with Gasteiger partial charge in [0.25, 0.3) is 5.96 Å². The van der Waals surface area contributed by atoms with Crippen molar-refractivity contribution in [3.05, 3.63) is 116 Å². The standard InChI is InChI=1S/C37H41N17/c1-50-22-20-40-34(50)48-46-31-14-10-28(11-15-31)41-27-6-8-29(9-7-27)42-35-44-33(39-18-5-21-54-23-19-38-26-54)45-36(53(35)4)43-30-12-16-32(17-13-30)47-49-37-51(2)24-25-52(37)3/h6-17,19-20,22-26,36H,5,18,21H2,1-4H3,(H3,39,40,41,42,43,44,45,46,47,48)/p+2. The highest BCUT2D eigenvalue weighted by Gasteiger charge is 2.28. The molecular weight excluding hydrogens is 683 g/mol. The van der Waals surface area contributed by atoms with Crippen LogP contribution in [0.2, 0.25) is 0 Å². The first-order valence-electron chi connectivity index (χ1n) is 17.4. The number of nitrogens with one attached hydrogen (secondary N) is 5. The van der Waals surface area contributed by atoms with Crippen LogP contribution in [-0.2, 0) is 27.7 Å². The molecule has 54 heavy (non-hydrogen) atoms. The van der Waals surface area contributed by atoms with Crippen LogP contribution in [0.5, 0.6) is 0 Å². The maximum atomic E-state index is 4.85. The van der Waals surface area contributed by atoms with Crippen LogP contribution in [0.15, 0.2) is 142 Å². The van der Waals surface area contributed by atoms with Crippen molar-refractivity contribution in [1.29, 1.82) is 0 Å². The lowest BCUT2D eigenvalue weighted by Gasteiger charge is -2.28. The molecule has 1 aliphatic rings. The summed E-state index contributed by atoms with van der Waals surface area (Å²) in [7, 11) is 7.75. The maximum Gasteiger partial charge on any atom is 0.421 e. The van der Waals surface area contributed by atoms with E-state index in [1.807, 2.05) is 155 Å². The Bertz CT molecular complexity index is 2240. The van der Waals surface area contributed by atoms with Gasteiger partial charge in [0, 0.05) is 67.1 Å². The van der Waals surface area contributed by atoms with E-state index in [1.165, 1.54) is 0 Å². The molecule has 3 aromatic heterocycles. The van der Waals surface area contributed by atoms with Gasteiger partial charge < -0.3 is 19.8 Å². The van der Waals surface area contributed by atoms with Gasteiger partial charge in [-0.2, -0.15) is 0 Å². The van der Waals surface area contributed by atoms with Crippen molar-refractivity contribution in [2.24, 2.45) is 46.6 Å². The van der Waals surface area contributed by atoms with Crippen LogP contribution >= 0.6 is 0 Å². The van der Waals surface area contributed by atoms with Gasteiger partial charge in [0.15, 0.2) is 0 Å². The smallest absolute Gasteiger partial charge is 0.356 e. The Morgan fingerprint density at radius 1 is 0.741 bits per heavy atom. The number of aromatic nitrogens is 6. The summed E-state index contributed by atoms with van der Waals surface area (Å²) in [6.07, 6.45) is 13.5. The second-order valence-corrected chi connectivity index (χ2v) is 12.6. The fourth-order valence-electron chi connectivity index (χ4n) is 5.51. The van der Waals surface area contributed by atoms with E-state index in [0.29, 0.717) is 18.5 Å². The lowest BCUT2D eigenvalue weighted by atomic mass is 10.2. The first kappa shape index (κ1) is 35.2. The van der Waals surface area contributed by atoms with E-state index < -0.39 is 0 Å². The van der Waals surface area contributed by atoms with E-state index in [4.69, 9.17) is 4.99 Å². The number of hydrogen-bond donors (Lipinski definition) is 5. The zero-order chi connectivity index (χ0) is 37.3. The summed E-state index contributed by atoms with van der Waals surface area (Å²) in [5.74, 6) is 2.72. The highest BCUT2D eigenvalue weighted by molar-refractivity contribution is 6.04. The largest absolute Gasteiger partial charge is 0.421 e. The van der Waals surface area contributed by atoms with Gasteiger partial charge in [0.1, 0.15) is 5.69 Å². The Balaban J connectivity index is 1.01. The quantitative estimate of drug-likeness (QED) is 0.0570. The molecule has 0 bridgehead atoms. The molecule has 0 fully saturated rings. The fourth-order valence-corrected chi connectivity index (χ4v) is 5.51. The Morgan fingerprint density at radius 3 is 2.04 bits per heavy atom. The van der Waals surface area contributed by atoms with Crippen LogP contribution in [0, 0.1) is 0 Å². The SMILES string of the molecule is Cn1ccnc1N=Nc1ccc(Nc2ccc(NC3=[N+](C)C(Nc4ccc(N=Nc5n(C)cc[n+]5C)cc4)NC(=NCCCn4ccnc4)N3)cc2)cc1.